The highest BCUT2D eigenvalue weighted by molar-refractivity contribution is 7.13. The van der Waals surface area contributed by atoms with Crippen LogP contribution in [0.2, 0.25) is 5.02 Å². The van der Waals surface area contributed by atoms with E-state index in [4.69, 9.17) is 17.3 Å². The molecule has 0 unspecified atom stereocenters. The summed E-state index contributed by atoms with van der Waals surface area (Å²) in [6, 6.07) is 8.35. The van der Waals surface area contributed by atoms with Crippen LogP contribution in [0.1, 0.15) is 24.0 Å². The van der Waals surface area contributed by atoms with Crippen LogP contribution >= 0.6 is 22.9 Å². The second-order valence-corrected chi connectivity index (χ2v) is 6.73. The number of benzene rings is 1. The topological polar surface area (TPSA) is 41.8 Å². The van der Waals surface area contributed by atoms with Gasteiger partial charge in [0, 0.05) is 15.9 Å². The minimum Gasteiger partial charge on any atom is -0.353 e. The maximum absolute atomic E-state index is 6.26. The molecule has 0 saturated heterocycles. The zero-order chi connectivity index (χ0) is 14.8. The minimum atomic E-state index is 0.747. The summed E-state index contributed by atoms with van der Waals surface area (Å²) in [5.74, 6) is 0. The maximum Gasteiger partial charge on any atom is 0.0598 e. The van der Waals surface area contributed by atoms with Crippen molar-refractivity contribution in [3.8, 4) is 10.6 Å². The van der Waals surface area contributed by atoms with E-state index < -0.39 is 0 Å². The Morgan fingerprint density at radius 2 is 2.14 bits per heavy atom. The number of aromatic amines is 1. The molecule has 3 N–H and O–H groups in total. The highest BCUT2D eigenvalue weighted by Gasteiger charge is 2.15. The van der Waals surface area contributed by atoms with Crippen LogP contribution in [0.15, 0.2) is 29.6 Å². The molecule has 0 amide bonds. The molecule has 0 aliphatic rings. The first kappa shape index (κ1) is 14.6. The number of unbranched alkanes of at least 4 members (excludes halogenated alkanes) is 1. The summed E-state index contributed by atoms with van der Waals surface area (Å²) in [4.78, 5) is 4.89. The van der Waals surface area contributed by atoms with Crippen LogP contribution in [0, 0.1) is 6.92 Å². The van der Waals surface area contributed by atoms with E-state index in [-0.39, 0.29) is 0 Å². The Hall–Kier alpha value is -1.29. The number of aryl methyl sites for hydroxylation is 2. The lowest BCUT2D eigenvalue weighted by Crippen LogP contribution is -1.99. The number of H-pyrrole nitrogens is 1. The molecule has 0 spiro atoms. The summed E-state index contributed by atoms with van der Waals surface area (Å²) >= 11 is 8.03. The number of nitrogens with one attached hydrogen (secondary N) is 1. The van der Waals surface area contributed by atoms with Crippen LogP contribution in [0.3, 0.4) is 0 Å². The lowest BCUT2D eigenvalue weighted by Gasteiger charge is -2.04. The van der Waals surface area contributed by atoms with Gasteiger partial charge in [0.15, 0.2) is 0 Å². The number of fused-ring (bicyclic) bond motifs is 1. The molecule has 2 heterocycles. The lowest BCUT2D eigenvalue weighted by molar-refractivity contribution is 0.748. The summed E-state index contributed by atoms with van der Waals surface area (Å²) in [5, 5.41) is 4.17. The zero-order valence-electron chi connectivity index (χ0n) is 12.1. The fourth-order valence-corrected chi connectivity index (χ4v) is 3.84. The largest absolute Gasteiger partial charge is 0.353 e. The molecular formula is C17H19ClN2S. The molecule has 0 bridgehead atoms. The van der Waals surface area contributed by atoms with E-state index in [9.17, 15) is 0 Å². The summed E-state index contributed by atoms with van der Waals surface area (Å²) in [6.07, 6.45) is 3.19. The van der Waals surface area contributed by atoms with Gasteiger partial charge in [-0.3, -0.25) is 0 Å². The maximum atomic E-state index is 6.26. The number of thiophene rings is 1. The molecule has 0 saturated carbocycles. The molecule has 0 fully saturated rings. The first-order chi connectivity index (χ1) is 10.2. The van der Waals surface area contributed by atoms with Gasteiger partial charge in [-0.1, -0.05) is 17.7 Å². The Labute approximate surface area is 133 Å². The predicted octanol–water partition coefficient (Wildman–Crippen LogP) is 5.14. The second kappa shape index (κ2) is 6.22. The van der Waals surface area contributed by atoms with Gasteiger partial charge in [-0.2, -0.15) is 0 Å². The van der Waals surface area contributed by atoms with E-state index >= 15 is 0 Å². The monoisotopic (exact) mass is 318 g/mol. The predicted molar refractivity (Wildman–Crippen MR) is 93.4 cm³/mol. The Balaban J connectivity index is 2.16. The minimum absolute atomic E-state index is 0.747. The second-order valence-electron chi connectivity index (χ2n) is 5.35. The smallest absolute Gasteiger partial charge is 0.0598 e. The highest BCUT2D eigenvalue weighted by Crippen LogP contribution is 2.36. The molecular weight excluding hydrogens is 300 g/mol. The number of hydrogen-bond donors (Lipinski definition) is 2. The highest BCUT2D eigenvalue weighted by atomic mass is 35.5. The van der Waals surface area contributed by atoms with Gasteiger partial charge >= 0.3 is 0 Å². The van der Waals surface area contributed by atoms with Gasteiger partial charge in [-0.25, -0.2) is 0 Å². The van der Waals surface area contributed by atoms with Gasteiger partial charge in [0.05, 0.1) is 10.6 Å². The van der Waals surface area contributed by atoms with Gasteiger partial charge < -0.3 is 10.7 Å². The lowest BCUT2D eigenvalue weighted by atomic mass is 10.0. The molecule has 3 aromatic rings. The molecule has 0 aliphatic heterocycles. The van der Waals surface area contributed by atoms with Crippen LogP contribution in [-0.2, 0) is 6.42 Å². The van der Waals surface area contributed by atoms with Crippen molar-refractivity contribution in [3.05, 3.63) is 45.8 Å². The Morgan fingerprint density at radius 3 is 2.86 bits per heavy atom. The Morgan fingerprint density at radius 1 is 1.29 bits per heavy atom. The molecule has 1 aromatic carbocycles. The number of nitrogens with two attached hydrogens (primary N) is 1. The van der Waals surface area contributed by atoms with E-state index in [1.54, 1.807) is 11.3 Å². The van der Waals surface area contributed by atoms with Gasteiger partial charge in [0.1, 0.15) is 0 Å². The number of hydrogen-bond acceptors (Lipinski definition) is 2. The fraction of sp³-hybridized carbons (Fsp3) is 0.294. The van der Waals surface area contributed by atoms with Crippen molar-refractivity contribution >= 4 is 33.8 Å². The van der Waals surface area contributed by atoms with Crippen LogP contribution in [0.5, 0.6) is 0 Å². The molecule has 21 heavy (non-hydrogen) atoms. The van der Waals surface area contributed by atoms with Crippen LogP contribution in [0.25, 0.3) is 21.5 Å². The molecule has 3 rings (SSSR count). The van der Waals surface area contributed by atoms with E-state index in [1.165, 1.54) is 32.6 Å². The van der Waals surface area contributed by atoms with Crippen LogP contribution in [0.4, 0.5) is 0 Å². The third kappa shape index (κ3) is 2.86. The molecule has 0 radical (unpaired) electrons. The van der Waals surface area contributed by atoms with E-state index in [0.29, 0.717) is 0 Å². The Bertz CT molecular complexity index is 744. The quantitative estimate of drug-likeness (QED) is 0.628. The molecule has 0 atom stereocenters. The third-order valence-corrected chi connectivity index (χ3v) is 4.93. The summed E-state index contributed by atoms with van der Waals surface area (Å²) < 4.78 is 0. The average Bonchev–Trinajstić information content (AvgIpc) is 3.07. The van der Waals surface area contributed by atoms with Crippen molar-refractivity contribution < 1.29 is 0 Å². The van der Waals surface area contributed by atoms with Crippen LogP contribution in [-0.4, -0.2) is 11.5 Å². The number of aromatic nitrogens is 1. The summed E-state index contributed by atoms with van der Waals surface area (Å²) in [6.45, 7) is 2.85. The van der Waals surface area contributed by atoms with Gasteiger partial charge in [0.2, 0.25) is 0 Å². The van der Waals surface area contributed by atoms with Crippen molar-refractivity contribution in [1.82, 2.24) is 4.98 Å². The standard InChI is InChI=1S/C17H19ClN2S/c1-11-9-12(18)10-14-13(5-2-3-7-19)17(20-16(11)14)15-6-4-8-21-15/h4,6,8-10,20H,2-3,5,7,19H2,1H3. The number of halogens is 1. The van der Waals surface area contributed by atoms with Crippen molar-refractivity contribution in [3.63, 3.8) is 0 Å². The van der Waals surface area contributed by atoms with Crippen molar-refractivity contribution in [2.45, 2.75) is 26.2 Å². The average molecular weight is 319 g/mol. The molecule has 4 heteroatoms. The van der Waals surface area contributed by atoms with Crippen molar-refractivity contribution in [2.75, 3.05) is 6.54 Å². The van der Waals surface area contributed by atoms with Gasteiger partial charge in [-0.15, -0.1) is 11.3 Å². The molecule has 2 nitrogen and oxygen atoms in total. The Kier molecular flexibility index (Phi) is 4.34. The normalized spacial score (nSPS) is 11.4. The third-order valence-electron chi connectivity index (χ3n) is 3.83. The summed E-state index contributed by atoms with van der Waals surface area (Å²) in [7, 11) is 0. The first-order valence-corrected chi connectivity index (χ1v) is 8.51. The van der Waals surface area contributed by atoms with Crippen molar-refractivity contribution in [1.29, 1.82) is 0 Å². The first-order valence-electron chi connectivity index (χ1n) is 7.25. The molecule has 0 aliphatic carbocycles. The van der Waals surface area contributed by atoms with E-state index in [1.807, 2.05) is 6.07 Å². The van der Waals surface area contributed by atoms with E-state index in [2.05, 4.69) is 35.5 Å². The van der Waals surface area contributed by atoms with Crippen LogP contribution < -0.4 is 5.73 Å². The van der Waals surface area contributed by atoms with Gasteiger partial charge in [-0.05, 0) is 67.4 Å². The van der Waals surface area contributed by atoms with Gasteiger partial charge in [0.25, 0.3) is 0 Å². The van der Waals surface area contributed by atoms with E-state index in [0.717, 1.165) is 30.8 Å². The molecule has 2 aromatic heterocycles. The fourth-order valence-electron chi connectivity index (χ4n) is 2.82. The number of rotatable bonds is 5. The summed E-state index contributed by atoms with van der Waals surface area (Å²) in [5.41, 5.74) is 10.6. The van der Waals surface area contributed by atoms with Crippen molar-refractivity contribution in [2.24, 2.45) is 5.73 Å². The molecule has 110 valence electrons. The SMILES string of the molecule is Cc1cc(Cl)cc2c(CCCCN)c(-c3cccs3)[nH]c12. The zero-order valence-corrected chi connectivity index (χ0v) is 13.7.